The lowest BCUT2D eigenvalue weighted by atomic mass is 10.1. The second kappa shape index (κ2) is 4.19. The van der Waals surface area contributed by atoms with Crippen LogP contribution in [0, 0.1) is 0 Å². The molecule has 0 saturated heterocycles. The molecule has 1 fully saturated rings. The van der Waals surface area contributed by atoms with Gasteiger partial charge in [0.15, 0.2) is 11.5 Å². The number of benzene rings is 1. The predicted molar refractivity (Wildman–Crippen MR) is 71.7 cm³/mol. The fourth-order valence-corrected chi connectivity index (χ4v) is 2.19. The zero-order valence-corrected chi connectivity index (χ0v) is 10.5. The highest BCUT2D eigenvalue weighted by atomic mass is 16.6. The summed E-state index contributed by atoms with van der Waals surface area (Å²) in [5.41, 5.74) is 2.04. The van der Waals surface area contributed by atoms with Crippen molar-refractivity contribution in [2.75, 3.05) is 18.5 Å². The van der Waals surface area contributed by atoms with Crippen LogP contribution >= 0.6 is 0 Å². The highest BCUT2D eigenvalue weighted by Crippen LogP contribution is 2.34. The number of aromatic nitrogens is 2. The van der Waals surface area contributed by atoms with E-state index < -0.39 is 0 Å². The number of anilines is 1. The lowest BCUT2D eigenvalue weighted by molar-refractivity contribution is 0.171. The number of rotatable bonds is 3. The number of hydrogen-bond acceptors (Lipinski definition) is 4. The van der Waals surface area contributed by atoms with E-state index in [9.17, 15) is 0 Å². The third-order valence-corrected chi connectivity index (χ3v) is 3.36. The van der Waals surface area contributed by atoms with Gasteiger partial charge in [0.25, 0.3) is 0 Å². The Kier molecular flexibility index (Phi) is 2.36. The van der Waals surface area contributed by atoms with Crippen LogP contribution in [-0.2, 0) is 0 Å². The van der Waals surface area contributed by atoms with Crippen molar-refractivity contribution in [3.8, 4) is 22.8 Å². The molecule has 98 valence electrons. The molecule has 0 spiro atoms. The van der Waals surface area contributed by atoms with Gasteiger partial charge in [0.2, 0.25) is 0 Å². The van der Waals surface area contributed by atoms with Crippen molar-refractivity contribution >= 4 is 5.82 Å². The third-order valence-electron chi connectivity index (χ3n) is 3.36. The predicted octanol–water partition coefficient (Wildman–Crippen LogP) is 2.42. The monoisotopic (exact) mass is 257 g/mol. The summed E-state index contributed by atoms with van der Waals surface area (Å²) in [6, 6.07) is 8.59. The summed E-state index contributed by atoms with van der Waals surface area (Å²) in [6.07, 6.45) is 2.48. The summed E-state index contributed by atoms with van der Waals surface area (Å²) in [7, 11) is 0. The van der Waals surface area contributed by atoms with Crippen LogP contribution < -0.4 is 14.8 Å². The fourth-order valence-electron chi connectivity index (χ4n) is 2.19. The Bertz CT molecular complexity index is 604. The number of nitrogens with zero attached hydrogens (tertiary/aromatic N) is 1. The standard InChI is InChI=1S/C14H15N3O2/c1-4-12-13(19-6-5-18-12)7-9(1)11-8-14(17-16-11)15-10-2-3-10/h1,4,7-8,10H,2-3,5-6H2,(H2,15,16,17). The molecule has 0 amide bonds. The van der Waals surface area contributed by atoms with Gasteiger partial charge in [-0.2, -0.15) is 5.10 Å². The number of nitrogens with one attached hydrogen (secondary N) is 2. The number of hydrogen-bond donors (Lipinski definition) is 2. The maximum Gasteiger partial charge on any atom is 0.162 e. The van der Waals surface area contributed by atoms with E-state index in [1.807, 2.05) is 24.3 Å². The molecule has 1 saturated carbocycles. The molecule has 2 heterocycles. The van der Waals surface area contributed by atoms with Gasteiger partial charge in [0.05, 0.1) is 5.69 Å². The molecule has 1 aromatic heterocycles. The second-order valence-corrected chi connectivity index (χ2v) is 4.94. The molecule has 1 aliphatic heterocycles. The van der Waals surface area contributed by atoms with Crippen LogP contribution in [0.1, 0.15) is 12.8 Å². The third kappa shape index (κ3) is 2.12. The zero-order valence-electron chi connectivity index (χ0n) is 10.5. The van der Waals surface area contributed by atoms with Gasteiger partial charge in [-0.1, -0.05) is 0 Å². The van der Waals surface area contributed by atoms with Crippen LogP contribution in [0.2, 0.25) is 0 Å². The molecule has 5 heteroatoms. The van der Waals surface area contributed by atoms with Gasteiger partial charge in [-0.25, -0.2) is 0 Å². The van der Waals surface area contributed by atoms with E-state index in [1.165, 1.54) is 12.8 Å². The Labute approximate surface area is 110 Å². The van der Waals surface area contributed by atoms with Crippen LogP contribution in [0.4, 0.5) is 5.82 Å². The zero-order chi connectivity index (χ0) is 12.7. The van der Waals surface area contributed by atoms with Gasteiger partial charge in [-0.05, 0) is 31.0 Å². The average Bonchev–Trinajstić information content (AvgIpc) is 3.14. The quantitative estimate of drug-likeness (QED) is 0.886. The number of aromatic amines is 1. The molecule has 2 N–H and O–H groups in total. The fraction of sp³-hybridized carbons (Fsp3) is 0.357. The Hall–Kier alpha value is -2.17. The Balaban J connectivity index is 1.61. The SMILES string of the molecule is c1cc2c(cc1-c1cc(NC3CC3)n[nH]1)OCCO2. The van der Waals surface area contributed by atoms with E-state index in [-0.39, 0.29) is 0 Å². The summed E-state index contributed by atoms with van der Waals surface area (Å²) in [4.78, 5) is 0. The summed E-state index contributed by atoms with van der Waals surface area (Å²) >= 11 is 0. The number of fused-ring (bicyclic) bond motifs is 1. The Morgan fingerprint density at radius 3 is 2.79 bits per heavy atom. The molecule has 0 unspecified atom stereocenters. The average molecular weight is 257 g/mol. The van der Waals surface area contributed by atoms with E-state index in [4.69, 9.17) is 9.47 Å². The van der Waals surface area contributed by atoms with E-state index in [1.54, 1.807) is 0 Å². The molecule has 2 aromatic rings. The molecule has 1 aliphatic carbocycles. The maximum absolute atomic E-state index is 5.59. The highest BCUT2D eigenvalue weighted by Gasteiger charge is 2.22. The van der Waals surface area contributed by atoms with E-state index in [0.29, 0.717) is 19.3 Å². The number of ether oxygens (including phenoxy) is 2. The van der Waals surface area contributed by atoms with E-state index in [0.717, 1.165) is 28.6 Å². The van der Waals surface area contributed by atoms with Crippen molar-refractivity contribution in [1.82, 2.24) is 10.2 Å². The summed E-state index contributed by atoms with van der Waals surface area (Å²) < 4.78 is 11.1. The van der Waals surface area contributed by atoms with Gasteiger partial charge < -0.3 is 14.8 Å². The molecular weight excluding hydrogens is 242 g/mol. The smallest absolute Gasteiger partial charge is 0.162 e. The minimum atomic E-state index is 0.605. The second-order valence-electron chi connectivity index (χ2n) is 4.94. The lowest BCUT2D eigenvalue weighted by Crippen LogP contribution is -2.15. The maximum atomic E-state index is 5.59. The molecule has 2 aliphatic rings. The summed E-state index contributed by atoms with van der Waals surface area (Å²) in [5, 5.41) is 10.7. The lowest BCUT2D eigenvalue weighted by Gasteiger charge is -2.18. The Morgan fingerprint density at radius 1 is 1.11 bits per heavy atom. The van der Waals surface area contributed by atoms with Crippen molar-refractivity contribution in [2.45, 2.75) is 18.9 Å². The van der Waals surface area contributed by atoms with Crippen LogP contribution in [0.25, 0.3) is 11.3 Å². The topological polar surface area (TPSA) is 59.2 Å². The van der Waals surface area contributed by atoms with Crippen LogP contribution in [0.5, 0.6) is 11.5 Å². The van der Waals surface area contributed by atoms with Crippen molar-refractivity contribution in [3.63, 3.8) is 0 Å². The molecule has 1 aromatic carbocycles. The normalized spacial score (nSPS) is 17.3. The van der Waals surface area contributed by atoms with Crippen LogP contribution in [0.15, 0.2) is 24.3 Å². The van der Waals surface area contributed by atoms with E-state index in [2.05, 4.69) is 15.5 Å². The van der Waals surface area contributed by atoms with Gasteiger partial charge in [0.1, 0.15) is 19.0 Å². The van der Waals surface area contributed by atoms with E-state index >= 15 is 0 Å². The van der Waals surface area contributed by atoms with Crippen molar-refractivity contribution in [1.29, 1.82) is 0 Å². The molecule has 4 rings (SSSR count). The minimum Gasteiger partial charge on any atom is -0.486 e. The molecule has 5 nitrogen and oxygen atoms in total. The first-order valence-electron chi connectivity index (χ1n) is 6.60. The van der Waals surface area contributed by atoms with Gasteiger partial charge >= 0.3 is 0 Å². The van der Waals surface area contributed by atoms with Gasteiger partial charge in [-0.3, -0.25) is 5.10 Å². The molecule has 0 bridgehead atoms. The van der Waals surface area contributed by atoms with Crippen molar-refractivity contribution in [3.05, 3.63) is 24.3 Å². The molecular formula is C14H15N3O2. The summed E-state index contributed by atoms with van der Waals surface area (Å²) in [5.74, 6) is 2.52. The first-order chi connectivity index (χ1) is 9.38. The molecule has 19 heavy (non-hydrogen) atoms. The van der Waals surface area contributed by atoms with Crippen molar-refractivity contribution < 1.29 is 9.47 Å². The summed E-state index contributed by atoms with van der Waals surface area (Å²) in [6.45, 7) is 1.22. The van der Waals surface area contributed by atoms with Crippen molar-refractivity contribution in [2.24, 2.45) is 0 Å². The minimum absolute atomic E-state index is 0.605. The van der Waals surface area contributed by atoms with Gasteiger partial charge in [0, 0.05) is 17.7 Å². The number of H-pyrrole nitrogens is 1. The van der Waals surface area contributed by atoms with Crippen LogP contribution in [-0.4, -0.2) is 29.5 Å². The first kappa shape index (κ1) is 10.7. The largest absolute Gasteiger partial charge is 0.486 e. The molecule has 0 atom stereocenters. The highest BCUT2D eigenvalue weighted by molar-refractivity contribution is 5.66. The first-order valence-corrected chi connectivity index (χ1v) is 6.60. The Morgan fingerprint density at radius 2 is 1.95 bits per heavy atom. The van der Waals surface area contributed by atoms with Crippen LogP contribution in [0.3, 0.4) is 0 Å². The van der Waals surface area contributed by atoms with Gasteiger partial charge in [-0.15, -0.1) is 0 Å². The molecule has 0 radical (unpaired) electrons.